The summed E-state index contributed by atoms with van der Waals surface area (Å²) >= 11 is 0. The molecular weight excluding hydrogens is 190 g/mol. The summed E-state index contributed by atoms with van der Waals surface area (Å²) < 4.78 is 4.93. The smallest absolute Gasteiger partial charge is 0.122 e. The molecule has 1 rings (SSSR count). The molecule has 0 aliphatic heterocycles. The van der Waals surface area contributed by atoms with E-state index in [4.69, 9.17) is 4.74 Å². The predicted molar refractivity (Wildman–Crippen MR) is 61.2 cm³/mol. The van der Waals surface area contributed by atoms with Gasteiger partial charge in [-0.3, -0.25) is 0 Å². The highest BCUT2D eigenvalue weighted by molar-refractivity contribution is 5.42. The predicted octanol–water partition coefficient (Wildman–Crippen LogP) is 1.75. The first-order valence-corrected chi connectivity index (χ1v) is 5.14. The van der Waals surface area contributed by atoms with E-state index in [1.807, 2.05) is 26.0 Å². The van der Waals surface area contributed by atoms with Gasteiger partial charge in [-0.05, 0) is 19.4 Å². The maximum atomic E-state index is 9.81. The molecule has 0 aromatic heterocycles. The number of phenolic OH excluding ortho intramolecular Hbond substituents is 1. The van der Waals surface area contributed by atoms with E-state index in [0.717, 1.165) is 17.7 Å². The lowest BCUT2D eigenvalue weighted by molar-refractivity contribution is 0.199. The van der Waals surface area contributed by atoms with Crippen molar-refractivity contribution in [2.24, 2.45) is 0 Å². The molecule has 0 spiro atoms. The zero-order valence-corrected chi connectivity index (χ0v) is 9.63. The number of aromatic hydroxyl groups is 1. The van der Waals surface area contributed by atoms with Crippen LogP contribution in [0.1, 0.15) is 16.7 Å². The molecule has 0 aliphatic rings. The summed E-state index contributed by atoms with van der Waals surface area (Å²) in [4.78, 5) is 0. The van der Waals surface area contributed by atoms with Gasteiger partial charge in [0.15, 0.2) is 0 Å². The summed E-state index contributed by atoms with van der Waals surface area (Å²) in [5.41, 5.74) is 3.05. The van der Waals surface area contributed by atoms with E-state index in [2.05, 4.69) is 5.32 Å². The number of rotatable bonds is 5. The van der Waals surface area contributed by atoms with Crippen LogP contribution in [0.4, 0.5) is 0 Å². The Balaban J connectivity index is 2.60. The van der Waals surface area contributed by atoms with Crippen LogP contribution in [-0.4, -0.2) is 25.4 Å². The largest absolute Gasteiger partial charge is 0.507 e. The fourth-order valence-corrected chi connectivity index (χ4v) is 1.58. The first kappa shape index (κ1) is 12.0. The minimum absolute atomic E-state index is 0.394. The number of benzene rings is 1. The van der Waals surface area contributed by atoms with E-state index < -0.39 is 0 Å². The van der Waals surface area contributed by atoms with Crippen molar-refractivity contribution >= 4 is 0 Å². The van der Waals surface area contributed by atoms with Gasteiger partial charge in [0, 0.05) is 25.8 Å². The lowest BCUT2D eigenvalue weighted by atomic mass is 10.1. The highest BCUT2D eigenvalue weighted by Gasteiger charge is 2.04. The van der Waals surface area contributed by atoms with Crippen molar-refractivity contribution < 1.29 is 9.84 Å². The molecule has 0 saturated carbocycles. The van der Waals surface area contributed by atoms with Crippen LogP contribution in [0.15, 0.2) is 12.1 Å². The average Bonchev–Trinajstić information content (AvgIpc) is 2.19. The Morgan fingerprint density at radius 3 is 2.73 bits per heavy atom. The summed E-state index contributed by atoms with van der Waals surface area (Å²) in [5, 5.41) is 13.0. The Kier molecular flexibility index (Phi) is 4.59. The van der Waals surface area contributed by atoms with Crippen molar-refractivity contribution in [3.8, 4) is 5.75 Å². The molecule has 0 heterocycles. The second-order valence-corrected chi connectivity index (χ2v) is 3.76. The Labute approximate surface area is 91.1 Å². The molecule has 1 aromatic carbocycles. The Morgan fingerprint density at radius 1 is 1.33 bits per heavy atom. The first-order chi connectivity index (χ1) is 7.15. The first-order valence-electron chi connectivity index (χ1n) is 5.14. The van der Waals surface area contributed by atoms with E-state index in [9.17, 15) is 5.11 Å². The van der Waals surface area contributed by atoms with Crippen molar-refractivity contribution in [2.75, 3.05) is 20.3 Å². The minimum Gasteiger partial charge on any atom is -0.507 e. The van der Waals surface area contributed by atoms with E-state index in [1.165, 1.54) is 5.56 Å². The molecule has 2 N–H and O–H groups in total. The van der Waals surface area contributed by atoms with Gasteiger partial charge in [0.05, 0.1) is 6.61 Å². The van der Waals surface area contributed by atoms with Crippen molar-refractivity contribution in [3.63, 3.8) is 0 Å². The molecule has 0 fully saturated rings. The lowest BCUT2D eigenvalue weighted by Crippen LogP contribution is -2.18. The lowest BCUT2D eigenvalue weighted by Gasteiger charge is -2.09. The number of hydrogen-bond donors (Lipinski definition) is 2. The molecule has 84 valence electrons. The van der Waals surface area contributed by atoms with Crippen molar-refractivity contribution in [2.45, 2.75) is 20.4 Å². The molecule has 0 radical (unpaired) electrons. The van der Waals surface area contributed by atoms with Gasteiger partial charge >= 0.3 is 0 Å². The van der Waals surface area contributed by atoms with Crippen molar-refractivity contribution in [1.29, 1.82) is 0 Å². The third-order valence-corrected chi connectivity index (χ3v) is 2.32. The second-order valence-electron chi connectivity index (χ2n) is 3.76. The van der Waals surface area contributed by atoms with E-state index in [-0.39, 0.29) is 0 Å². The quantitative estimate of drug-likeness (QED) is 0.726. The van der Waals surface area contributed by atoms with E-state index in [1.54, 1.807) is 7.11 Å². The van der Waals surface area contributed by atoms with Crippen LogP contribution in [0.2, 0.25) is 0 Å². The molecular formula is C12H19NO2. The highest BCUT2D eigenvalue weighted by atomic mass is 16.5. The molecule has 1 aromatic rings. The maximum absolute atomic E-state index is 9.81. The van der Waals surface area contributed by atoms with Crippen LogP contribution in [0.25, 0.3) is 0 Å². The SMILES string of the molecule is COCCNCc1cc(C)cc(C)c1O. The van der Waals surface area contributed by atoms with Crippen LogP contribution in [0.3, 0.4) is 0 Å². The fraction of sp³-hybridized carbons (Fsp3) is 0.500. The third kappa shape index (κ3) is 3.53. The Morgan fingerprint density at radius 2 is 2.07 bits per heavy atom. The summed E-state index contributed by atoms with van der Waals surface area (Å²) in [6.07, 6.45) is 0. The number of hydrogen-bond acceptors (Lipinski definition) is 3. The monoisotopic (exact) mass is 209 g/mol. The molecule has 3 nitrogen and oxygen atoms in total. The standard InChI is InChI=1S/C12H19NO2/c1-9-6-10(2)12(14)11(7-9)8-13-4-5-15-3/h6-7,13-14H,4-5,8H2,1-3H3. The zero-order chi connectivity index (χ0) is 11.3. The van der Waals surface area contributed by atoms with Crippen LogP contribution in [-0.2, 0) is 11.3 Å². The fourth-order valence-electron chi connectivity index (χ4n) is 1.58. The Hall–Kier alpha value is -1.06. The number of phenols is 1. The molecule has 0 aliphatic carbocycles. The van der Waals surface area contributed by atoms with E-state index >= 15 is 0 Å². The summed E-state index contributed by atoms with van der Waals surface area (Å²) in [6, 6.07) is 3.98. The molecule has 0 unspecified atom stereocenters. The topological polar surface area (TPSA) is 41.5 Å². The molecule has 15 heavy (non-hydrogen) atoms. The van der Waals surface area contributed by atoms with Crippen LogP contribution in [0, 0.1) is 13.8 Å². The number of nitrogens with one attached hydrogen (secondary N) is 1. The third-order valence-electron chi connectivity index (χ3n) is 2.32. The minimum atomic E-state index is 0.394. The summed E-state index contributed by atoms with van der Waals surface area (Å²) in [5.74, 6) is 0.394. The van der Waals surface area contributed by atoms with Gasteiger partial charge in [-0.2, -0.15) is 0 Å². The normalized spacial score (nSPS) is 10.6. The average molecular weight is 209 g/mol. The maximum Gasteiger partial charge on any atom is 0.122 e. The van der Waals surface area contributed by atoms with Crippen molar-refractivity contribution in [3.05, 3.63) is 28.8 Å². The van der Waals surface area contributed by atoms with E-state index in [0.29, 0.717) is 18.9 Å². The molecule has 0 atom stereocenters. The van der Waals surface area contributed by atoms with Crippen LogP contribution < -0.4 is 5.32 Å². The zero-order valence-electron chi connectivity index (χ0n) is 9.63. The summed E-state index contributed by atoms with van der Waals surface area (Å²) in [6.45, 7) is 6.11. The molecule has 0 bridgehead atoms. The van der Waals surface area contributed by atoms with Crippen molar-refractivity contribution in [1.82, 2.24) is 5.32 Å². The van der Waals surface area contributed by atoms with Gasteiger partial charge in [-0.25, -0.2) is 0 Å². The molecule has 0 saturated heterocycles. The van der Waals surface area contributed by atoms with Gasteiger partial charge in [0.1, 0.15) is 5.75 Å². The number of aryl methyl sites for hydroxylation is 2. The second kappa shape index (κ2) is 5.73. The highest BCUT2D eigenvalue weighted by Crippen LogP contribution is 2.23. The van der Waals surface area contributed by atoms with Gasteiger partial charge < -0.3 is 15.2 Å². The van der Waals surface area contributed by atoms with Gasteiger partial charge in [-0.15, -0.1) is 0 Å². The number of methoxy groups -OCH3 is 1. The Bertz CT molecular complexity index is 324. The molecule has 0 amide bonds. The van der Waals surface area contributed by atoms with Crippen LogP contribution >= 0.6 is 0 Å². The molecule has 3 heteroatoms. The van der Waals surface area contributed by atoms with Gasteiger partial charge in [0.2, 0.25) is 0 Å². The van der Waals surface area contributed by atoms with Crippen LogP contribution in [0.5, 0.6) is 5.75 Å². The number of ether oxygens (including phenoxy) is 1. The van der Waals surface area contributed by atoms with Gasteiger partial charge in [-0.1, -0.05) is 17.7 Å². The summed E-state index contributed by atoms with van der Waals surface area (Å²) in [7, 11) is 1.68. The van der Waals surface area contributed by atoms with Gasteiger partial charge in [0.25, 0.3) is 0 Å².